The number of anilines is 4. The van der Waals surface area contributed by atoms with Gasteiger partial charge in [0, 0.05) is 43.2 Å². The zero-order chi connectivity index (χ0) is 28.0. The van der Waals surface area contributed by atoms with Crippen LogP contribution >= 0.6 is 0 Å². The molecule has 0 atom stereocenters. The molecule has 3 aromatic carbocycles. The van der Waals surface area contributed by atoms with Crippen LogP contribution in [0.3, 0.4) is 0 Å². The Labute approximate surface area is 228 Å². The average Bonchev–Trinajstić information content (AvgIpc) is 2.88. The molecule has 0 saturated heterocycles. The number of rotatable bonds is 10. The molecular formula is C30H40N4O3S. The molecule has 0 aliphatic heterocycles. The topological polar surface area (TPSA) is 73.0 Å². The number of hydrogen-bond donors (Lipinski definition) is 1. The third-order valence-corrected chi connectivity index (χ3v) is 8.56. The molecule has 0 heterocycles. The Morgan fingerprint density at radius 3 is 1.68 bits per heavy atom. The molecule has 204 valence electrons. The molecule has 0 radical (unpaired) electrons. The predicted octanol–water partition coefficient (Wildman–Crippen LogP) is 6.73. The quantitative estimate of drug-likeness (QED) is 0.311. The summed E-state index contributed by atoms with van der Waals surface area (Å²) in [6.45, 7) is 17.3. The van der Waals surface area contributed by atoms with Crippen LogP contribution in [0.4, 0.5) is 27.5 Å². The van der Waals surface area contributed by atoms with Crippen molar-refractivity contribution in [1.82, 2.24) is 0 Å². The number of urea groups is 1. The lowest BCUT2D eigenvalue weighted by atomic mass is 10.1. The van der Waals surface area contributed by atoms with E-state index in [0.717, 1.165) is 53.0 Å². The summed E-state index contributed by atoms with van der Waals surface area (Å²) in [5, 5.41) is 2.86. The van der Waals surface area contributed by atoms with Crippen LogP contribution in [0.25, 0.3) is 0 Å². The smallest absolute Gasteiger partial charge is 0.340 e. The maximum atomic E-state index is 13.9. The van der Waals surface area contributed by atoms with Crippen molar-refractivity contribution in [2.75, 3.05) is 45.6 Å². The van der Waals surface area contributed by atoms with Gasteiger partial charge in [0.1, 0.15) is 0 Å². The second kappa shape index (κ2) is 12.3. The van der Waals surface area contributed by atoms with Crippen molar-refractivity contribution in [3.63, 3.8) is 0 Å². The van der Waals surface area contributed by atoms with Gasteiger partial charge in [-0.2, -0.15) is 4.31 Å². The fourth-order valence-electron chi connectivity index (χ4n) is 4.56. The summed E-state index contributed by atoms with van der Waals surface area (Å²) in [7, 11) is -4.20. The van der Waals surface area contributed by atoms with Gasteiger partial charge in [-0.1, -0.05) is 17.7 Å². The van der Waals surface area contributed by atoms with Crippen LogP contribution in [0, 0.1) is 20.8 Å². The van der Waals surface area contributed by atoms with E-state index in [1.807, 2.05) is 51.1 Å². The number of aryl methyl sites for hydroxylation is 3. The van der Waals surface area contributed by atoms with Crippen LogP contribution in [0.15, 0.2) is 65.6 Å². The lowest BCUT2D eigenvalue weighted by Gasteiger charge is -2.27. The summed E-state index contributed by atoms with van der Waals surface area (Å²) in [5.74, 6) is 0. The number of carbonyl (C=O) groups is 1. The van der Waals surface area contributed by atoms with E-state index >= 15 is 0 Å². The van der Waals surface area contributed by atoms with Gasteiger partial charge in [0.2, 0.25) is 0 Å². The minimum atomic E-state index is -4.20. The normalized spacial score (nSPS) is 11.2. The van der Waals surface area contributed by atoms with E-state index < -0.39 is 16.1 Å². The molecule has 0 aliphatic carbocycles. The summed E-state index contributed by atoms with van der Waals surface area (Å²) in [6, 6.07) is 17.1. The Balaban J connectivity index is 2.08. The van der Waals surface area contributed by atoms with Gasteiger partial charge in [0.05, 0.1) is 10.6 Å². The number of nitrogens with one attached hydrogen (secondary N) is 1. The Bertz CT molecular complexity index is 1360. The molecule has 8 heteroatoms. The summed E-state index contributed by atoms with van der Waals surface area (Å²) >= 11 is 0. The van der Waals surface area contributed by atoms with Crippen molar-refractivity contribution in [1.29, 1.82) is 0 Å². The average molecular weight is 537 g/mol. The van der Waals surface area contributed by atoms with Crippen molar-refractivity contribution >= 4 is 38.8 Å². The zero-order valence-electron chi connectivity index (χ0n) is 23.6. The first-order valence-corrected chi connectivity index (χ1v) is 14.6. The molecule has 7 nitrogen and oxygen atoms in total. The van der Waals surface area contributed by atoms with Crippen molar-refractivity contribution in [2.45, 2.75) is 53.4 Å². The summed E-state index contributed by atoms with van der Waals surface area (Å²) in [6.07, 6.45) is 0. The fourth-order valence-corrected chi connectivity index (χ4v) is 5.97. The standard InChI is InChI=1S/C30H40N4O3S/c1-8-32(9-2)25-14-18-28(23(6)20-25)31-30(35)34(38(36,37)27-16-12-22(5)13-17-27)29-19-15-26(21-24(29)7)33(10-3)11-4/h12-21H,8-11H2,1-7H3,(H,31,35). The number of hydrogen-bond acceptors (Lipinski definition) is 5. The van der Waals surface area contributed by atoms with Crippen molar-refractivity contribution < 1.29 is 13.2 Å². The molecule has 38 heavy (non-hydrogen) atoms. The Kier molecular flexibility index (Phi) is 9.44. The highest BCUT2D eigenvalue weighted by atomic mass is 32.2. The van der Waals surface area contributed by atoms with E-state index in [9.17, 15) is 13.2 Å². The third kappa shape index (κ3) is 6.13. The summed E-state index contributed by atoms with van der Waals surface area (Å²) in [5.41, 5.74) is 5.38. The highest BCUT2D eigenvalue weighted by molar-refractivity contribution is 7.93. The summed E-state index contributed by atoms with van der Waals surface area (Å²) < 4.78 is 28.7. The largest absolute Gasteiger partial charge is 0.372 e. The lowest BCUT2D eigenvalue weighted by molar-refractivity contribution is 0.259. The third-order valence-electron chi connectivity index (χ3n) is 6.85. The van der Waals surface area contributed by atoms with Crippen molar-refractivity contribution in [3.05, 3.63) is 77.4 Å². The Hall–Kier alpha value is -3.52. The van der Waals surface area contributed by atoms with E-state index in [0.29, 0.717) is 16.9 Å². The fraction of sp³-hybridized carbons (Fsp3) is 0.367. The van der Waals surface area contributed by atoms with Gasteiger partial charge in [-0.15, -0.1) is 0 Å². The first-order valence-electron chi connectivity index (χ1n) is 13.2. The van der Waals surface area contributed by atoms with Crippen LogP contribution in [0.5, 0.6) is 0 Å². The SMILES string of the molecule is CCN(CC)c1ccc(NC(=O)N(c2ccc(N(CC)CC)cc2C)S(=O)(=O)c2ccc(C)cc2)c(C)c1. The van der Waals surface area contributed by atoms with Crippen molar-refractivity contribution in [2.24, 2.45) is 0 Å². The van der Waals surface area contributed by atoms with Gasteiger partial charge in [-0.25, -0.2) is 13.2 Å². The van der Waals surface area contributed by atoms with Gasteiger partial charge in [0.25, 0.3) is 10.0 Å². The monoisotopic (exact) mass is 536 g/mol. The molecule has 0 aromatic heterocycles. The van der Waals surface area contributed by atoms with Gasteiger partial charge in [-0.05, 0) is 108 Å². The first-order chi connectivity index (χ1) is 18.1. The Morgan fingerprint density at radius 2 is 1.21 bits per heavy atom. The molecule has 0 aliphatic rings. The molecule has 0 bridgehead atoms. The molecule has 1 N–H and O–H groups in total. The molecule has 0 spiro atoms. The molecule has 3 rings (SSSR count). The van der Waals surface area contributed by atoms with E-state index in [1.54, 1.807) is 18.2 Å². The van der Waals surface area contributed by atoms with Crippen molar-refractivity contribution in [3.8, 4) is 0 Å². The lowest BCUT2D eigenvalue weighted by Crippen LogP contribution is -2.40. The second-order valence-corrected chi connectivity index (χ2v) is 11.1. The van der Waals surface area contributed by atoms with Gasteiger partial charge >= 0.3 is 6.03 Å². The molecular weight excluding hydrogens is 496 g/mol. The highest BCUT2D eigenvalue weighted by Gasteiger charge is 2.33. The molecule has 0 unspecified atom stereocenters. The molecule has 0 fully saturated rings. The van der Waals surface area contributed by atoms with Crippen LogP contribution in [-0.2, 0) is 10.0 Å². The van der Waals surface area contributed by atoms with E-state index in [4.69, 9.17) is 0 Å². The summed E-state index contributed by atoms with van der Waals surface area (Å²) in [4.78, 5) is 18.2. The second-order valence-electron chi connectivity index (χ2n) is 9.33. The van der Waals surface area contributed by atoms with Crippen LogP contribution < -0.4 is 19.4 Å². The number of amides is 2. The van der Waals surface area contributed by atoms with E-state index in [-0.39, 0.29) is 4.90 Å². The minimum Gasteiger partial charge on any atom is -0.372 e. The van der Waals surface area contributed by atoms with Crippen LogP contribution in [-0.4, -0.2) is 40.6 Å². The van der Waals surface area contributed by atoms with Crippen LogP contribution in [0.2, 0.25) is 0 Å². The number of benzene rings is 3. The molecule has 2 amide bonds. The molecule has 0 saturated carbocycles. The maximum absolute atomic E-state index is 13.9. The van der Waals surface area contributed by atoms with Gasteiger partial charge in [0.15, 0.2) is 0 Å². The number of carbonyl (C=O) groups excluding carboxylic acids is 1. The van der Waals surface area contributed by atoms with E-state index in [2.05, 4.69) is 42.8 Å². The molecule has 3 aromatic rings. The zero-order valence-corrected chi connectivity index (χ0v) is 24.4. The van der Waals surface area contributed by atoms with Gasteiger partial charge < -0.3 is 15.1 Å². The predicted molar refractivity (Wildman–Crippen MR) is 159 cm³/mol. The maximum Gasteiger partial charge on any atom is 0.340 e. The number of sulfonamides is 1. The van der Waals surface area contributed by atoms with Gasteiger partial charge in [-0.3, -0.25) is 0 Å². The Morgan fingerprint density at radius 1 is 0.711 bits per heavy atom. The van der Waals surface area contributed by atoms with E-state index in [1.165, 1.54) is 12.1 Å². The first kappa shape index (κ1) is 29.0. The minimum absolute atomic E-state index is 0.0547. The highest BCUT2D eigenvalue weighted by Crippen LogP contribution is 2.32. The number of nitrogens with zero attached hydrogens (tertiary/aromatic N) is 3. The van der Waals surface area contributed by atoms with Crippen LogP contribution in [0.1, 0.15) is 44.4 Å².